The van der Waals surface area contributed by atoms with Gasteiger partial charge in [0.15, 0.2) is 0 Å². The van der Waals surface area contributed by atoms with Gasteiger partial charge in [-0.2, -0.15) is 0 Å². The highest BCUT2D eigenvalue weighted by molar-refractivity contribution is 7.62. The van der Waals surface area contributed by atoms with Crippen LogP contribution in [0.2, 0.25) is 0 Å². The maximum atomic E-state index is 2.46. The van der Waals surface area contributed by atoms with Crippen LogP contribution in [0.15, 0.2) is 0 Å². The molecule has 0 saturated carbocycles. The second kappa shape index (κ2) is 8.15. The van der Waals surface area contributed by atoms with Gasteiger partial charge in [0, 0.05) is 16.8 Å². The first-order valence-corrected chi connectivity index (χ1v) is 9.42. The van der Waals surface area contributed by atoms with E-state index in [-0.39, 0.29) is 32.7 Å². The molecule has 0 heterocycles. The summed E-state index contributed by atoms with van der Waals surface area (Å²) >= 11 is 0. The quantitative estimate of drug-likeness (QED) is 0.527. The summed E-state index contributed by atoms with van der Waals surface area (Å²) in [5.41, 5.74) is 0. The first kappa shape index (κ1) is 22.2. The van der Waals surface area contributed by atoms with Crippen molar-refractivity contribution < 1.29 is 0 Å². The van der Waals surface area contributed by atoms with Crippen LogP contribution in [0.4, 0.5) is 0 Å². The van der Waals surface area contributed by atoms with Crippen molar-refractivity contribution in [1.29, 1.82) is 0 Å². The average Bonchev–Trinajstić information content (AvgIpc) is 1.95. The lowest BCUT2D eigenvalue weighted by Gasteiger charge is -2.33. The van der Waals surface area contributed by atoms with E-state index in [4.69, 9.17) is 0 Å². The SMILES string of the molecule is CP(CCP(C)C(C)(C)C)C(C)(C)C.[B].[B]. The van der Waals surface area contributed by atoms with Gasteiger partial charge in [-0.05, 0) is 36.0 Å². The molecule has 0 saturated heterocycles. The second-order valence-corrected chi connectivity index (χ2v) is 12.6. The Balaban J connectivity index is -0.000000845. The van der Waals surface area contributed by atoms with E-state index in [0.717, 1.165) is 0 Å². The zero-order chi connectivity index (χ0) is 11.6. The molecule has 2 unspecified atom stereocenters. The van der Waals surface area contributed by atoms with Crippen LogP contribution in [0, 0.1) is 0 Å². The molecule has 0 bridgehead atoms. The van der Waals surface area contributed by atoms with E-state index in [9.17, 15) is 0 Å². The van der Waals surface area contributed by atoms with Gasteiger partial charge in [-0.25, -0.2) is 0 Å². The Morgan fingerprint density at radius 3 is 0.938 bits per heavy atom. The fraction of sp³-hybridized carbons (Fsp3) is 1.00. The molecule has 0 rings (SSSR count). The summed E-state index contributed by atoms with van der Waals surface area (Å²) in [5.74, 6) is 0. The van der Waals surface area contributed by atoms with Crippen molar-refractivity contribution in [3.63, 3.8) is 0 Å². The van der Waals surface area contributed by atoms with Crippen LogP contribution in [-0.2, 0) is 0 Å². The molecule has 0 aliphatic rings. The van der Waals surface area contributed by atoms with Gasteiger partial charge >= 0.3 is 0 Å². The molecule has 0 aromatic rings. The van der Waals surface area contributed by atoms with E-state index < -0.39 is 0 Å². The Kier molecular flexibility index (Phi) is 11.3. The number of hydrogen-bond donors (Lipinski definition) is 0. The Labute approximate surface area is 110 Å². The maximum Gasteiger partial charge on any atom is 0 e. The zero-order valence-electron chi connectivity index (χ0n) is 12.5. The minimum absolute atomic E-state index is 0. The highest BCUT2D eigenvalue weighted by Gasteiger charge is 2.23. The van der Waals surface area contributed by atoms with Gasteiger partial charge in [-0.15, -0.1) is 15.8 Å². The van der Waals surface area contributed by atoms with Crippen molar-refractivity contribution >= 4 is 32.7 Å². The summed E-state index contributed by atoms with van der Waals surface area (Å²) in [7, 11) is 0.430. The molecular weight excluding hydrogens is 228 g/mol. The molecular formula is C12H28B2P2. The van der Waals surface area contributed by atoms with E-state index in [1.165, 1.54) is 12.3 Å². The van der Waals surface area contributed by atoms with Crippen LogP contribution < -0.4 is 0 Å². The lowest BCUT2D eigenvalue weighted by Crippen LogP contribution is -2.17. The van der Waals surface area contributed by atoms with Crippen LogP contribution in [0.5, 0.6) is 0 Å². The van der Waals surface area contributed by atoms with Crippen molar-refractivity contribution in [2.24, 2.45) is 0 Å². The van der Waals surface area contributed by atoms with Crippen molar-refractivity contribution in [3.8, 4) is 0 Å². The number of rotatable bonds is 3. The van der Waals surface area contributed by atoms with Crippen LogP contribution in [0.25, 0.3) is 0 Å². The monoisotopic (exact) mass is 256 g/mol. The molecule has 0 N–H and O–H groups in total. The number of hydrogen-bond acceptors (Lipinski definition) is 0. The van der Waals surface area contributed by atoms with E-state index >= 15 is 0 Å². The summed E-state index contributed by atoms with van der Waals surface area (Å²) in [5, 5.41) is 1.09. The lowest BCUT2D eigenvalue weighted by molar-refractivity contribution is 0.777. The molecule has 0 nitrogen and oxygen atoms in total. The van der Waals surface area contributed by atoms with Gasteiger partial charge in [0.25, 0.3) is 0 Å². The summed E-state index contributed by atoms with van der Waals surface area (Å²) in [4.78, 5) is 0. The Morgan fingerprint density at radius 1 is 0.625 bits per heavy atom. The van der Waals surface area contributed by atoms with Crippen LogP contribution in [0.3, 0.4) is 0 Å². The van der Waals surface area contributed by atoms with E-state index in [0.29, 0.717) is 10.3 Å². The van der Waals surface area contributed by atoms with E-state index in [1.807, 2.05) is 0 Å². The summed E-state index contributed by atoms with van der Waals surface area (Å²) in [6, 6.07) is 0. The first-order chi connectivity index (χ1) is 6.05. The van der Waals surface area contributed by atoms with Gasteiger partial charge in [0.05, 0.1) is 0 Å². The minimum atomic E-state index is 0. The molecule has 92 valence electrons. The van der Waals surface area contributed by atoms with Crippen LogP contribution in [0.1, 0.15) is 41.5 Å². The zero-order valence-corrected chi connectivity index (χ0v) is 14.3. The molecule has 4 heteroatoms. The first-order valence-electron chi connectivity index (χ1n) is 5.47. The predicted molar refractivity (Wildman–Crippen MR) is 86.4 cm³/mol. The third-order valence-corrected chi connectivity index (χ3v) is 9.78. The molecule has 0 fully saturated rings. The van der Waals surface area contributed by atoms with Crippen LogP contribution in [-0.4, -0.2) is 52.8 Å². The normalized spacial score (nSPS) is 15.8. The molecule has 16 heavy (non-hydrogen) atoms. The van der Waals surface area contributed by atoms with Gasteiger partial charge in [-0.3, -0.25) is 0 Å². The van der Waals surface area contributed by atoms with Gasteiger partial charge < -0.3 is 0 Å². The van der Waals surface area contributed by atoms with Crippen LogP contribution >= 0.6 is 15.8 Å². The Hall–Kier alpha value is 0.990. The van der Waals surface area contributed by atoms with Crippen molar-refractivity contribution in [2.45, 2.75) is 51.9 Å². The topological polar surface area (TPSA) is 0 Å². The Bertz CT molecular complexity index is 151. The standard InChI is InChI=1S/C12H28P2.2B/c1-11(2,3)13(7)9-10-14(8)12(4,5)6;;/h9-10H2,1-8H3;;. The smallest absolute Gasteiger partial charge is 0 e. The third-order valence-electron chi connectivity index (χ3n) is 3.06. The molecule has 2 atom stereocenters. The lowest BCUT2D eigenvalue weighted by atomic mass is 10.3. The van der Waals surface area contributed by atoms with Crippen molar-refractivity contribution in [1.82, 2.24) is 0 Å². The third kappa shape index (κ3) is 9.07. The fourth-order valence-electron chi connectivity index (χ4n) is 0.971. The van der Waals surface area contributed by atoms with E-state index in [1.54, 1.807) is 0 Å². The van der Waals surface area contributed by atoms with Crippen molar-refractivity contribution in [3.05, 3.63) is 0 Å². The molecule has 6 radical (unpaired) electrons. The predicted octanol–water partition coefficient (Wildman–Crippen LogP) is 4.05. The molecule has 0 aliphatic carbocycles. The molecule has 0 spiro atoms. The average molecular weight is 256 g/mol. The van der Waals surface area contributed by atoms with Gasteiger partial charge in [-0.1, -0.05) is 41.5 Å². The molecule has 0 aromatic heterocycles. The minimum Gasteiger partial charge on any atom is -0.104 e. The van der Waals surface area contributed by atoms with Gasteiger partial charge in [0.2, 0.25) is 0 Å². The summed E-state index contributed by atoms with van der Waals surface area (Å²) in [6.07, 6.45) is 2.91. The highest BCUT2D eigenvalue weighted by atomic mass is 31.1. The largest absolute Gasteiger partial charge is 0.104 e. The maximum absolute atomic E-state index is 2.46. The highest BCUT2D eigenvalue weighted by Crippen LogP contribution is 2.52. The second-order valence-electron chi connectivity index (χ2n) is 6.18. The van der Waals surface area contributed by atoms with Gasteiger partial charge in [0.1, 0.15) is 0 Å². The van der Waals surface area contributed by atoms with Crippen molar-refractivity contribution in [2.75, 3.05) is 25.7 Å². The fourth-order valence-corrected chi connectivity index (χ4v) is 4.71. The molecule has 0 aromatic carbocycles. The summed E-state index contributed by atoms with van der Waals surface area (Å²) < 4.78 is 0. The molecule has 0 aliphatic heterocycles. The summed E-state index contributed by atoms with van der Waals surface area (Å²) in [6.45, 7) is 19.2. The molecule has 0 amide bonds. The van der Waals surface area contributed by atoms with E-state index in [2.05, 4.69) is 54.9 Å². The Morgan fingerprint density at radius 2 is 0.812 bits per heavy atom.